The Bertz CT molecular complexity index is 1150. The van der Waals surface area contributed by atoms with Crippen LogP contribution in [0.15, 0.2) is 72.9 Å². The molecule has 9 nitrogen and oxygen atoms in total. The second-order valence-electron chi connectivity index (χ2n) is 7.75. The lowest BCUT2D eigenvalue weighted by Crippen LogP contribution is -2.41. The maximum Gasteiger partial charge on any atom is 0.293 e. The van der Waals surface area contributed by atoms with Gasteiger partial charge in [0.1, 0.15) is 11.5 Å². The molecule has 2 N–H and O–H groups in total. The predicted molar refractivity (Wildman–Crippen MR) is 124 cm³/mol. The van der Waals surface area contributed by atoms with E-state index >= 15 is 0 Å². The second-order valence-corrected chi connectivity index (χ2v) is 7.75. The van der Waals surface area contributed by atoms with Gasteiger partial charge in [-0.25, -0.2) is 4.98 Å². The minimum Gasteiger partial charge on any atom is -0.350 e. The lowest BCUT2D eigenvalue weighted by atomic mass is 9.95. The van der Waals surface area contributed by atoms with Crippen LogP contribution in [0.5, 0.6) is 0 Å². The standard InChI is InChI=1S/C24H23N5O4/c30-23(27-22-8-4-5-13-25-22)17-11-14-28(15-12-17)24(31)18-9-10-20(21(16-18)29(32)33)26-19-6-2-1-3-7-19/h1-10,13,16-17,26H,11-12,14-15H2,(H,25,27,30). The molecule has 1 fully saturated rings. The number of amides is 2. The van der Waals surface area contributed by atoms with Crippen LogP contribution in [0, 0.1) is 16.0 Å². The molecule has 2 amide bonds. The number of benzene rings is 2. The average molecular weight is 445 g/mol. The molecule has 33 heavy (non-hydrogen) atoms. The number of hydrogen-bond donors (Lipinski definition) is 2. The lowest BCUT2D eigenvalue weighted by Gasteiger charge is -2.31. The lowest BCUT2D eigenvalue weighted by molar-refractivity contribution is -0.383. The summed E-state index contributed by atoms with van der Waals surface area (Å²) in [5.74, 6) is -0.124. The van der Waals surface area contributed by atoms with Gasteiger partial charge in [-0.05, 0) is 49.2 Å². The summed E-state index contributed by atoms with van der Waals surface area (Å²) in [5.41, 5.74) is 1.10. The van der Waals surface area contributed by atoms with Crippen molar-refractivity contribution in [3.63, 3.8) is 0 Å². The highest BCUT2D eigenvalue weighted by molar-refractivity contribution is 5.96. The molecule has 3 aromatic rings. The van der Waals surface area contributed by atoms with Gasteiger partial charge in [-0.15, -0.1) is 0 Å². The summed E-state index contributed by atoms with van der Waals surface area (Å²) in [6.45, 7) is 0.800. The minimum absolute atomic E-state index is 0.118. The molecule has 0 aliphatic carbocycles. The summed E-state index contributed by atoms with van der Waals surface area (Å²) < 4.78 is 0. The maximum absolute atomic E-state index is 13.0. The zero-order valence-electron chi connectivity index (χ0n) is 17.8. The van der Waals surface area contributed by atoms with Crippen LogP contribution in [0.3, 0.4) is 0 Å². The molecule has 0 unspecified atom stereocenters. The van der Waals surface area contributed by atoms with E-state index in [0.717, 1.165) is 0 Å². The van der Waals surface area contributed by atoms with Gasteiger partial charge >= 0.3 is 0 Å². The smallest absolute Gasteiger partial charge is 0.293 e. The van der Waals surface area contributed by atoms with E-state index in [4.69, 9.17) is 0 Å². The second kappa shape index (κ2) is 9.90. The van der Waals surface area contributed by atoms with Crippen molar-refractivity contribution in [3.8, 4) is 0 Å². The average Bonchev–Trinajstić information content (AvgIpc) is 2.85. The van der Waals surface area contributed by atoms with E-state index < -0.39 is 4.92 Å². The molecule has 168 valence electrons. The summed E-state index contributed by atoms with van der Waals surface area (Å²) in [6.07, 6.45) is 2.64. The highest BCUT2D eigenvalue weighted by atomic mass is 16.6. The fourth-order valence-corrected chi connectivity index (χ4v) is 3.79. The Morgan fingerprint density at radius 1 is 1.00 bits per heavy atom. The third kappa shape index (κ3) is 5.32. The topological polar surface area (TPSA) is 117 Å². The first-order chi connectivity index (χ1) is 16.0. The summed E-state index contributed by atoms with van der Waals surface area (Å²) in [6, 6.07) is 18.8. The molecule has 0 bridgehead atoms. The van der Waals surface area contributed by atoms with Gasteiger partial charge in [-0.1, -0.05) is 24.3 Å². The van der Waals surface area contributed by atoms with Crippen molar-refractivity contribution in [2.24, 2.45) is 5.92 Å². The molecule has 4 rings (SSSR count). The van der Waals surface area contributed by atoms with Crippen molar-refractivity contribution in [2.75, 3.05) is 23.7 Å². The van der Waals surface area contributed by atoms with Crippen LogP contribution >= 0.6 is 0 Å². The van der Waals surface area contributed by atoms with Gasteiger partial charge in [0.2, 0.25) is 5.91 Å². The molecule has 1 aromatic heterocycles. The molecule has 1 saturated heterocycles. The minimum atomic E-state index is -0.504. The van der Waals surface area contributed by atoms with E-state index in [2.05, 4.69) is 15.6 Å². The number of likely N-dealkylation sites (tertiary alicyclic amines) is 1. The van der Waals surface area contributed by atoms with E-state index in [1.807, 2.05) is 18.2 Å². The number of nitrogens with one attached hydrogen (secondary N) is 2. The molecule has 2 aromatic carbocycles. The Kier molecular flexibility index (Phi) is 6.58. The number of para-hydroxylation sites is 1. The molecule has 0 radical (unpaired) electrons. The number of aromatic nitrogens is 1. The quantitative estimate of drug-likeness (QED) is 0.433. The van der Waals surface area contributed by atoms with Crippen LogP contribution in [0.4, 0.5) is 22.9 Å². The van der Waals surface area contributed by atoms with Crippen LogP contribution in [0.25, 0.3) is 0 Å². The fourth-order valence-electron chi connectivity index (χ4n) is 3.79. The van der Waals surface area contributed by atoms with Gasteiger partial charge < -0.3 is 15.5 Å². The molecule has 1 aliphatic heterocycles. The first-order valence-corrected chi connectivity index (χ1v) is 10.6. The van der Waals surface area contributed by atoms with E-state index in [1.165, 1.54) is 6.07 Å². The number of hydrogen-bond acceptors (Lipinski definition) is 6. The van der Waals surface area contributed by atoms with Gasteiger partial charge in [-0.3, -0.25) is 19.7 Å². The van der Waals surface area contributed by atoms with Crippen LogP contribution in [-0.2, 0) is 4.79 Å². The highest BCUT2D eigenvalue weighted by Gasteiger charge is 2.29. The van der Waals surface area contributed by atoms with Crippen LogP contribution in [0.2, 0.25) is 0 Å². The van der Waals surface area contributed by atoms with Crippen molar-refractivity contribution in [1.29, 1.82) is 0 Å². The number of nitrogens with zero attached hydrogens (tertiary/aromatic N) is 3. The number of piperidine rings is 1. The van der Waals surface area contributed by atoms with Crippen LogP contribution in [-0.4, -0.2) is 39.7 Å². The maximum atomic E-state index is 13.0. The summed E-state index contributed by atoms with van der Waals surface area (Å²) >= 11 is 0. The zero-order valence-corrected chi connectivity index (χ0v) is 17.8. The van der Waals surface area contributed by atoms with Crippen molar-refractivity contribution in [1.82, 2.24) is 9.88 Å². The normalized spacial score (nSPS) is 13.9. The molecule has 0 saturated carbocycles. The van der Waals surface area contributed by atoms with Crippen molar-refractivity contribution in [2.45, 2.75) is 12.8 Å². The van der Waals surface area contributed by atoms with E-state index in [-0.39, 0.29) is 29.0 Å². The van der Waals surface area contributed by atoms with Gasteiger partial charge in [0, 0.05) is 42.5 Å². The fraction of sp³-hybridized carbons (Fsp3) is 0.208. The number of anilines is 3. The summed E-state index contributed by atoms with van der Waals surface area (Å²) in [5, 5.41) is 17.4. The van der Waals surface area contributed by atoms with Gasteiger partial charge in [-0.2, -0.15) is 0 Å². The van der Waals surface area contributed by atoms with Crippen LogP contribution in [0.1, 0.15) is 23.2 Å². The van der Waals surface area contributed by atoms with Crippen LogP contribution < -0.4 is 10.6 Å². The first-order valence-electron chi connectivity index (χ1n) is 10.6. The largest absolute Gasteiger partial charge is 0.350 e. The molecule has 9 heteroatoms. The number of carbonyl (C=O) groups is 2. The number of nitro benzene ring substituents is 1. The summed E-state index contributed by atoms with van der Waals surface area (Å²) in [7, 11) is 0. The Hall–Kier alpha value is -4.27. The molecule has 1 aliphatic rings. The van der Waals surface area contributed by atoms with Gasteiger partial charge in [0.05, 0.1) is 4.92 Å². The molecule has 0 atom stereocenters. The zero-order chi connectivity index (χ0) is 23.2. The van der Waals surface area contributed by atoms with Gasteiger partial charge in [0.15, 0.2) is 0 Å². The monoisotopic (exact) mass is 445 g/mol. The molecular weight excluding hydrogens is 422 g/mol. The SMILES string of the molecule is O=C(Nc1ccccn1)C1CCN(C(=O)c2ccc(Nc3ccccc3)c([N+](=O)[O-])c2)CC1. The summed E-state index contributed by atoms with van der Waals surface area (Å²) in [4.78, 5) is 42.3. The molecule has 0 spiro atoms. The third-order valence-electron chi connectivity index (χ3n) is 5.56. The molecular formula is C24H23N5O4. The Morgan fingerprint density at radius 2 is 1.73 bits per heavy atom. The Balaban J connectivity index is 1.40. The predicted octanol–water partition coefficient (Wildman–Crippen LogP) is 4.22. The Labute approximate surface area is 190 Å². The number of rotatable bonds is 6. The van der Waals surface area contributed by atoms with Crippen molar-refractivity contribution < 1.29 is 14.5 Å². The van der Waals surface area contributed by atoms with E-state index in [9.17, 15) is 19.7 Å². The first kappa shape index (κ1) is 21.9. The van der Waals surface area contributed by atoms with Crippen molar-refractivity contribution >= 4 is 34.7 Å². The van der Waals surface area contributed by atoms with E-state index in [1.54, 1.807) is 53.6 Å². The number of carbonyl (C=O) groups excluding carboxylic acids is 2. The number of nitro groups is 1. The van der Waals surface area contributed by atoms with Crippen molar-refractivity contribution in [3.05, 3.63) is 88.6 Å². The third-order valence-corrected chi connectivity index (χ3v) is 5.56. The van der Waals surface area contributed by atoms with E-state index in [0.29, 0.717) is 43.1 Å². The number of pyridine rings is 1. The van der Waals surface area contributed by atoms with Gasteiger partial charge in [0.25, 0.3) is 11.6 Å². The molecule has 2 heterocycles. The Morgan fingerprint density at radius 3 is 2.39 bits per heavy atom. The highest BCUT2D eigenvalue weighted by Crippen LogP contribution is 2.30.